The Morgan fingerprint density at radius 1 is 1.29 bits per heavy atom. The number of rotatable bonds is 7. The highest BCUT2D eigenvalue weighted by molar-refractivity contribution is 5.76. The highest BCUT2D eigenvalue weighted by Crippen LogP contribution is 2.27. The quantitative estimate of drug-likeness (QED) is 0.828. The maximum atomic E-state index is 12.4. The third-order valence-electron chi connectivity index (χ3n) is 3.61. The van der Waals surface area contributed by atoms with Crippen molar-refractivity contribution < 1.29 is 14.7 Å². The number of nitrogens with zero attached hydrogens (tertiary/aromatic N) is 3. The number of pyridine rings is 1. The second-order valence-corrected chi connectivity index (χ2v) is 5.38. The summed E-state index contributed by atoms with van der Waals surface area (Å²) < 4.78 is 0. The maximum absolute atomic E-state index is 12.4. The number of aliphatic carboxylic acids is 1. The summed E-state index contributed by atoms with van der Waals surface area (Å²) in [6.07, 6.45) is 6.19. The molecule has 0 radical (unpaired) electrons. The zero-order valence-electron chi connectivity index (χ0n) is 12.2. The summed E-state index contributed by atoms with van der Waals surface area (Å²) in [4.78, 5) is 30.4. The summed E-state index contributed by atoms with van der Waals surface area (Å²) >= 11 is 0. The fourth-order valence-electron chi connectivity index (χ4n) is 2.20. The van der Waals surface area contributed by atoms with Gasteiger partial charge in [-0.25, -0.2) is 4.79 Å². The molecule has 1 saturated carbocycles. The second-order valence-electron chi connectivity index (χ2n) is 5.38. The molecular formula is C15H21N3O3. The molecule has 0 spiro atoms. The van der Waals surface area contributed by atoms with Crippen LogP contribution in [0.5, 0.6) is 0 Å². The minimum absolute atomic E-state index is 0.000431. The lowest BCUT2D eigenvalue weighted by molar-refractivity contribution is -0.137. The smallest absolute Gasteiger partial charge is 0.320 e. The summed E-state index contributed by atoms with van der Waals surface area (Å²) in [5.74, 6) is -0.868. The Kier molecular flexibility index (Phi) is 5.14. The number of hydrogen-bond acceptors (Lipinski definition) is 3. The van der Waals surface area contributed by atoms with Crippen molar-refractivity contribution in [2.75, 3.05) is 20.1 Å². The van der Waals surface area contributed by atoms with E-state index in [1.54, 1.807) is 29.2 Å². The third kappa shape index (κ3) is 4.73. The number of urea groups is 1. The molecule has 2 amide bonds. The molecular weight excluding hydrogens is 270 g/mol. The first kappa shape index (κ1) is 15.3. The summed E-state index contributed by atoms with van der Waals surface area (Å²) in [7, 11) is 1.76. The van der Waals surface area contributed by atoms with Crippen LogP contribution in [0, 0.1) is 0 Å². The van der Waals surface area contributed by atoms with E-state index in [2.05, 4.69) is 4.98 Å². The van der Waals surface area contributed by atoms with E-state index in [4.69, 9.17) is 5.11 Å². The van der Waals surface area contributed by atoms with E-state index >= 15 is 0 Å². The molecule has 21 heavy (non-hydrogen) atoms. The van der Waals surface area contributed by atoms with Crippen LogP contribution >= 0.6 is 0 Å². The molecule has 2 rings (SSSR count). The van der Waals surface area contributed by atoms with Crippen molar-refractivity contribution in [3.8, 4) is 0 Å². The molecule has 1 N–H and O–H groups in total. The summed E-state index contributed by atoms with van der Waals surface area (Å²) in [6, 6.07) is 4.01. The highest BCUT2D eigenvalue weighted by Gasteiger charge is 2.33. The Hall–Kier alpha value is -2.11. The SMILES string of the molecule is CN(CCc1ccncc1)C(=O)N(CCC(=O)O)C1CC1. The lowest BCUT2D eigenvalue weighted by atomic mass is 10.2. The molecule has 0 atom stereocenters. The van der Waals surface area contributed by atoms with Gasteiger partial charge in [0.15, 0.2) is 0 Å². The normalized spacial score (nSPS) is 13.8. The number of aromatic nitrogens is 1. The van der Waals surface area contributed by atoms with Crippen molar-refractivity contribution in [2.24, 2.45) is 0 Å². The van der Waals surface area contributed by atoms with Crippen LogP contribution in [0.1, 0.15) is 24.8 Å². The third-order valence-corrected chi connectivity index (χ3v) is 3.61. The van der Waals surface area contributed by atoms with Crippen LogP contribution in [0.4, 0.5) is 4.79 Å². The monoisotopic (exact) mass is 291 g/mol. The van der Waals surface area contributed by atoms with Gasteiger partial charge < -0.3 is 14.9 Å². The molecule has 1 aliphatic rings. The van der Waals surface area contributed by atoms with Gasteiger partial charge in [0.25, 0.3) is 0 Å². The number of likely N-dealkylation sites (N-methyl/N-ethyl adjacent to an activating group) is 1. The molecule has 1 fully saturated rings. The summed E-state index contributed by atoms with van der Waals surface area (Å²) in [5, 5.41) is 8.78. The van der Waals surface area contributed by atoms with Crippen LogP contribution in [0.15, 0.2) is 24.5 Å². The Morgan fingerprint density at radius 3 is 2.52 bits per heavy atom. The molecule has 1 heterocycles. The van der Waals surface area contributed by atoms with Crippen LogP contribution in [0.25, 0.3) is 0 Å². The van der Waals surface area contributed by atoms with Crippen LogP contribution < -0.4 is 0 Å². The van der Waals surface area contributed by atoms with Gasteiger partial charge in [0, 0.05) is 38.6 Å². The van der Waals surface area contributed by atoms with E-state index in [0.29, 0.717) is 13.1 Å². The zero-order chi connectivity index (χ0) is 15.2. The van der Waals surface area contributed by atoms with Crippen molar-refractivity contribution in [2.45, 2.75) is 31.7 Å². The second kappa shape index (κ2) is 7.06. The maximum Gasteiger partial charge on any atom is 0.320 e. The topological polar surface area (TPSA) is 73.7 Å². The van der Waals surface area contributed by atoms with Gasteiger partial charge in [-0.1, -0.05) is 0 Å². The molecule has 1 aliphatic carbocycles. The predicted octanol–water partition coefficient (Wildman–Crippen LogP) is 1.62. The van der Waals surface area contributed by atoms with E-state index in [0.717, 1.165) is 24.8 Å². The van der Waals surface area contributed by atoms with Gasteiger partial charge in [0.1, 0.15) is 0 Å². The lowest BCUT2D eigenvalue weighted by Gasteiger charge is -2.28. The molecule has 0 bridgehead atoms. The molecule has 0 unspecified atom stereocenters. The minimum atomic E-state index is -0.868. The number of hydrogen-bond donors (Lipinski definition) is 1. The van der Waals surface area contributed by atoms with Gasteiger partial charge in [0.2, 0.25) is 0 Å². The molecule has 0 aromatic carbocycles. The largest absolute Gasteiger partial charge is 0.481 e. The fraction of sp³-hybridized carbons (Fsp3) is 0.533. The van der Waals surface area contributed by atoms with E-state index in [1.165, 1.54) is 0 Å². The van der Waals surface area contributed by atoms with Gasteiger partial charge in [-0.3, -0.25) is 9.78 Å². The number of carboxylic acids is 1. The van der Waals surface area contributed by atoms with Crippen molar-refractivity contribution in [3.05, 3.63) is 30.1 Å². The van der Waals surface area contributed by atoms with Gasteiger partial charge >= 0.3 is 12.0 Å². The number of carboxylic acid groups (broad SMARTS) is 1. The van der Waals surface area contributed by atoms with Crippen LogP contribution in [0.3, 0.4) is 0 Å². The van der Waals surface area contributed by atoms with Gasteiger partial charge in [0.05, 0.1) is 6.42 Å². The molecule has 0 saturated heterocycles. The Balaban J connectivity index is 1.85. The van der Waals surface area contributed by atoms with Gasteiger partial charge in [-0.05, 0) is 37.0 Å². The number of amides is 2. The van der Waals surface area contributed by atoms with Crippen LogP contribution in [0.2, 0.25) is 0 Å². The van der Waals surface area contributed by atoms with Crippen LogP contribution in [-0.2, 0) is 11.2 Å². The van der Waals surface area contributed by atoms with Gasteiger partial charge in [-0.2, -0.15) is 0 Å². The molecule has 1 aromatic rings. The van der Waals surface area contributed by atoms with E-state index in [-0.39, 0.29) is 18.5 Å². The lowest BCUT2D eigenvalue weighted by Crippen LogP contribution is -2.44. The standard InChI is InChI=1S/C15H21N3O3/c1-17(10-6-12-4-8-16-9-5-12)15(21)18(13-2-3-13)11-7-14(19)20/h4-5,8-9,13H,2-3,6-7,10-11H2,1H3,(H,19,20). The number of carbonyl (C=O) groups excluding carboxylic acids is 1. The van der Waals surface area contributed by atoms with E-state index < -0.39 is 5.97 Å². The average molecular weight is 291 g/mol. The predicted molar refractivity (Wildman–Crippen MR) is 77.9 cm³/mol. The van der Waals surface area contributed by atoms with Crippen molar-refractivity contribution in [1.82, 2.24) is 14.8 Å². The first-order valence-corrected chi connectivity index (χ1v) is 7.20. The molecule has 6 heteroatoms. The first-order valence-electron chi connectivity index (χ1n) is 7.20. The molecule has 114 valence electrons. The van der Waals surface area contributed by atoms with E-state index in [1.807, 2.05) is 12.1 Å². The van der Waals surface area contributed by atoms with Crippen molar-refractivity contribution >= 4 is 12.0 Å². The molecule has 6 nitrogen and oxygen atoms in total. The summed E-state index contributed by atoms with van der Waals surface area (Å²) in [5.41, 5.74) is 1.13. The zero-order valence-corrected chi connectivity index (χ0v) is 12.2. The van der Waals surface area contributed by atoms with Crippen LogP contribution in [-0.4, -0.2) is 58.1 Å². The Morgan fingerprint density at radius 2 is 1.95 bits per heavy atom. The highest BCUT2D eigenvalue weighted by atomic mass is 16.4. The average Bonchev–Trinajstić information content (AvgIpc) is 3.30. The number of carbonyl (C=O) groups is 2. The van der Waals surface area contributed by atoms with E-state index in [9.17, 15) is 9.59 Å². The fourth-order valence-corrected chi connectivity index (χ4v) is 2.20. The molecule has 1 aromatic heterocycles. The first-order chi connectivity index (χ1) is 10.1. The molecule has 0 aliphatic heterocycles. The minimum Gasteiger partial charge on any atom is -0.481 e. The van der Waals surface area contributed by atoms with Gasteiger partial charge in [-0.15, -0.1) is 0 Å². The Labute approximate surface area is 124 Å². The van der Waals surface area contributed by atoms with Crippen molar-refractivity contribution in [3.63, 3.8) is 0 Å². The van der Waals surface area contributed by atoms with Crippen molar-refractivity contribution in [1.29, 1.82) is 0 Å². The summed E-state index contributed by atoms with van der Waals surface area (Å²) in [6.45, 7) is 0.900. The Bertz CT molecular complexity index is 488.